The summed E-state index contributed by atoms with van der Waals surface area (Å²) >= 11 is 0. The summed E-state index contributed by atoms with van der Waals surface area (Å²) < 4.78 is 4.57. The average molecular weight is 229 g/mol. The first kappa shape index (κ1) is 12.8. The summed E-state index contributed by atoms with van der Waals surface area (Å²) in [5.41, 5.74) is 11.0. The van der Waals surface area contributed by atoms with Crippen molar-refractivity contribution in [3.8, 4) is 0 Å². The van der Waals surface area contributed by atoms with Crippen molar-refractivity contribution in [2.45, 2.75) is 25.3 Å². The van der Waals surface area contributed by atoms with E-state index in [9.17, 15) is 9.59 Å². The minimum absolute atomic E-state index is 0.0519. The van der Waals surface area contributed by atoms with Gasteiger partial charge in [-0.05, 0) is 18.8 Å². The number of carbonyl (C=O) groups excluding carboxylic acids is 2. The van der Waals surface area contributed by atoms with Gasteiger partial charge in [-0.15, -0.1) is 0 Å². The van der Waals surface area contributed by atoms with Crippen LogP contribution in [0.15, 0.2) is 0 Å². The molecule has 2 atom stereocenters. The molecule has 0 spiro atoms. The molecule has 1 rings (SSSR count). The summed E-state index contributed by atoms with van der Waals surface area (Å²) in [6.07, 6.45) is 1.87. The van der Waals surface area contributed by atoms with Crippen molar-refractivity contribution in [2.75, 3.05) is 20.2 Å². The summed E-state index contributed by atoms with van der Waals surface area (Å²) in [5.74, 6) is 0.000111. The molecule has 0 aromatic heterocycles. The molecular formula is C10H19N3O3. The number of piperidine rings is 1. The van der Waals surface area contributed by atoms with E-state index < -0.39 is 6.03 Å². The first-order chi connectivity index (χ1) is 7.52. The standard InChI is InChI=1S/C10H19N3O3/c1-16-9(14)3-2-7-4-8(11)6-13(5-7)10(12)15/h7-8H,2-6,11H2,1H3,(H2,12,15). The second-order valence-electron chi connectivity index (χ2n) is 4.22. The Labute approximate surface area is 94.9 Å². The fraction of sp³-hybridized carbons (Fsp3) is 0.800. The summed E-state index contributed by atoms with van der Waals surface area (Å²) in [5, 5.41) is 0. The number of nitrogens with zero attached hydrogens (tertiary/aromatic N) is 1. The third-order valence-electron chi connectivity index (χ3n) is 2.87. The second kappa shape index (κ2) is 5.69. The number of nitrogens with two attached hydrogens (primary N) is 2. The van der Waals surface area contributed by atoms with Gasteiger partial charge < -0.3 is 21.1 Å². The molecule has 0 aliphatic carbocycles. The maximum atomic E-state index is 11.0. The zero-order chi connectivity index (χ0) is 12.1. The summed E-state index contributed by atoms with van der Waals surface area (Å²) in [6, 6.07) is -0.498. The maximum Gasteiger partial charge on any atom is 0.314 e. The SMILES string of the molecule is COC(=O)CCC1CC(N)CN(C(N)=O)C1. The zero-order valence-corrected chi connectivity index (χ0v) is 9.52. The van der Waals surface area contributed by atoms with Gasteiger partial charge in [0.2, 0.25) is 0 Å². The van der Waals surface area contributed by atoms with Crippen LogP contribution < -0.4 is 11.5 Å². The van der Waals surface area contributed by atoms with Gasteiger partial charge in [0.1, 0.15) is 0 Å². The first-order valence-electron chi connectivity index (χ1n) is 5.39. The monoisotopic (exact) mass is 229 g/mol. The molecule has 0 saturated carbocycles. The normalized spacial score (nSPS) is 25.2. The number of carbonyl (C=O) groups is 2. The lowest BCUT2D eigenvalue weighted by Gasteiger charge is -2.35. The van der Waals surface area contributed by atoms with Crippen molar-refractivity contribution in [1.29, 1.82) is 0 Å². The Morgan fingerprint density at radius 1 is 1.44 bits per heavy atom. The number of esters is 1. The van der Waals surface area contributed by atoms with Gasteiger partial charge in [-0.3, -0.25) is 4.79 Å². The van der Waals surface area contributed by atoms with Gasteiger partial charge in [-0.2, -0.15) is 0 Å². The molecule has 6 heteroatoms. The molecule has 1 heterocycles. The lowest BCUT2D eigenvalue weighted by atomic mass is 9.91. The molecule has 2 unspecified atom stereocenters. The first-order valence-corrected chi connectivity index (χ1v) is 5.39. The number of rotatable bonds is 3. The van der Waals surface area contributed by atoms with E-state index in [1.807, 2.05) is 0 Å². The van der Waals surface area contributed by atoms with E-state index >= 15 is 0 Å². The maximum absolute atomic E-state index is 11.0. The molecule has 0 aromatic rings. The van der Waals surface area contributed by atoms with Gasteiger partial charge in [0.15, 0.2) is 0 Å². The molecule has 1 aliphatic heterocycles. The number of methoxy groups -OCH3 is 1. The molecule has 2 amide bonds. The van der Waals surface area contributed by atoms with Crippen LogP contribution in [0.1, 0.15) is 19.3 Å². The minimum atomic E-state index is -0.446. The van der Waals surface area contributed by atoms with E-state index in [1.165, 1.54) is 12.0 Å². The number of likely N-dealkylation sites (tertiary alicyclic amines) is 1. The second-order valence-corrected chi connectivity index (χ2v) is 4.22. The van der Waals surface area contributed by atoms with Crippen molar-refractivity contribution in [2.24, 2.45) is 17.4 Å². The van der Waals surface area contributed by atoms with E-state index in [4.69, 9.17) is 11.5 Å². The highest BCUT2D eigenvalue weighted by Crippen LogP contribution is 2.20. The van der Waals surface area contributed by atoms with Gasteiger partial charge >= 0.3 is 12.0 Å². The smallest absolute Gasteiger partial charge is 0.314 e. The zero-order valence-electron chi connectivity index (χ0n) is 9.52. The highest BCUT2D eigenvalue weighted by atomic mass is 16.5. The number of urea groups is 1. The van der Waals surface area contributed by atoms with Crippen molar-refractivity contribution < 1.29 is 14.3 Å². The number of ether oxygens (including phenoxy) is 1. The van der Waals surface area contributed by atoms with Crippen molar-refractivity contribution in [1.82, 2.24) is 4.90 Å². The van der Waals surface area contributed by atoms with Gasteiger partial charge in [0.05, 0.1) is 7.11 Å². The van der Waals surface area contributed by atoms with E-state index in [0.717, 1.165) is 6.42 Å². The van der Waals surface area contributed by atoms with Gasteiger partial charge in [-0.1, -0.05) is 0 Å². The third kappa shape index (κ3) is 3.69. The fourth-order valence-electron chi connectivity index (χ4n) is 2.06. The Morgan fingerprint density at radius 3 is 2.69 bits per heavy atom. The molecule has 92 valence electrons. The lowest BCUT2D eigenvalue weighted by molar-refractivity contribution is -0.141. The molecule has 16 heavy (non-hydrogen) atoms. The molecular weight excluding hydrogens is 210 g/mol. The van der Waals surface area contributed by atoms with Gasteiger partial charge in [0.25, 0.3) is 0 Å². The van der Waals surface area contributed by atoms with Crippen LogP contribution in [0.4, 0.5) is 4.79 Å². The van der Waals surface area contributed by atoms with E-state index in [0.29, 0.717) is 25.9 Å². The highest BCUT2D eigenvalue weighted by molar-refractivity contribution is 5.72. The largest absolute Gasteiger partial charge is 0.469 e. The van der Waals surface area contributed by atoms with Crippen LogP contribution in [0, 0.1) is 5.92 Å². The molecule has 4 N–H and O–H groups in total. The minimum Gasteiger partial charge on any atom is -0.469 e. The number of primary amides is 1. The molecule has 1 fully saturated rings. The Kier molecular flexibility index (Phi) is 4.54. The van der Waals surface area contributed by atoms with E-state index in [2.05, 4.69) is 4.74 Å². The fourth-order valence-corrected chi connectivity index (χ4v) is 2.06. The lowest BCUT2D eigenvalue weighted by Crippen LogP contribution is -2.51. The van der Waals surface area contributed by atoms with E-state index in [-0.39, 0.29) is 17.9 Å². The summed E-state index contributed by atoms with van der Waals surface area (Å²) in [6.45, 7) is 1.09. The molecule has 1 saturated heterocycles. The number of amides is 2. The third-order valence-corrected chi connectivity index (χ3v) is 2.87. The van der Waals surface area contributed by atoms with Crippen LogP contribution in [-0.4, -0.2) is 43.1 Å². The van der Waals surface area contributed by atoms with Crippen molar-refractivity contribution >= 4 is 12.0 Å². The van der Waals surface area contributed by atoms with Crippen molar-refractivity contribution in [3.05, 3.63) is 0 Å². The van der Waals surface area contributed by atoms with Crippen LogP contribution in [0.3, 0.4) is 0 Å². The Hall–Kier alpha value is -1.30. The van der Waals surface area contributed by atoms with Gasteiger partial charge in [0, 0.05) is 25.6 Å². The molecule has 0 radical (unpaired) electrons. The summed E-state index contributed by atoms with van der Waals surface area (Å²) in [4.78, 5) is 23.6. The topological polar surface area (TPSA) is 98.7 Å². The Balaban J connectivity index is 2.41. The molecule has 0 bridgehead atoms. The Morgan fingerprint density at radius 2 is 2.12 bits per heavy atom. The van der Waals surface area contributed by atoms with Crippen molar-refractivity contribution in [3.63, 3.8) is 0 Å². The Bertz CT molecular complexity index is 270. The van der Waals surface area contributed by atoms with Crippen LogP contribution in [0.25, 0.3) is 0 Å². The predicted molar refractivity (Wildman–Crippen MR) is 58.5 cm³/mol. The van der Waals surface area contributed by atoms with Crippen LogP contribution in [0.5, 0.6) is 0 Å². The van der Waals surface area contributed by atoms with Crippen LogP contribution >= 0.6 is 0 Å². The number of hydrogen-bond donors (Lipinski definition) is 2. The van der Waals surface area contributed by atoms with Crippen LogP contribution in [0.2, 0.25) is 0 Å². The molecule has 1 aliphatic rings. The van der Waals surface area contributed by atoms with Gasteiger partial charge in [-0.25, -0.2) is 4.79 Å². The average Bonchev–Trinajstić information content (AvgIpc) is 2.25. The quantitative estimate of drug-likeness (QED) is 0.647. The molecule has 0 aromatic carbocycles. The van der Waals surface area contributed by atoms with E-state index in [1.54, 1.807) is 0 Å². The summed E-state index contributed by atoms with van der Waals surface area (Å²) in [7, 11) is 1.37. The van der Waals surface area contributed by atoms with Crippen LogP contribution in [-0.2, 0) is 9.53 Å². The molecule has 6 nitrogen and oxygen atoms in total. The highest BCUT2D eigenvalue weighted by Gasteiger charge is 2.27. The predicted octanol–water partition coefficient (Wildman–Crippen LogP) is -0.332. The number of hydrogen-bond acceptors (Lipinski definition) is 4.